The van der Waals surface area contributed by atoms with Crippen LogP contribution in [0.25, 0.3) is 11.1 Å². The molecule has 0 aliphatic rings. The Bertz CT molecular complexity index is 611. The molecule has 0 fully saturated rings. The predicted octanol–water partition coefficient (Wildman–Crippen LogP) is 3.17. The van der Waals surface area contributed by atoms with Crippen molar-refractivity contribution in [1.82, 2.24) is 0 Å². The van der Waals surface area contributed by atoms with Gasteiger partial charge >= 0.3 is 11.4 Å². The second-order valence-electron chi connectivity index (χ2n) is 3.58. The molecule has 0 bridgehead atoms. The smallest absolute Gasteiger partial charge is 0.258 e. The van der Waals surface area contributed by atoms with Gasteiger partial charge in [0.25, 0.3) is 0 Å². The summed E-state index contributed by atoms with van der Waals surface area (Å²) in [6, 6.07) is 12.8. The zero-order chi connectivity index (χ0) is 13.1. The molecule has 90 valence electrons. The molecule has 0 aromatic heterocycles. The summed E-state index contributed by atoms with van der Waals surface area (Å²) in [6.07, 6.45) is 0. The highest BCUT2D eigenvalue weighted by Gasteiger charge is 2.24. The Labute approximate surface area is 102 Å². The highest BCUT2D eigenvalue weighted by atomic mass is 16.6. The molecule has 0 radical (unpaired) electrons. The van der Waals surface area contributed by atoms with E-state index >= 15 is 0 Å². The Balaban J connectivity index is 2.57. The van der Waals surface area contributed by atoms with Crippen LogP contribution in [0.4, 0.5) is 11.4 Å². The van der Waals surface area contributed by atoms with Gasteiger partial charge in [0, 0.05) is 12.1 Å². The molecule has 0 aliphatic carbocycles. The molecule has 0 spiro atoms. The molecule has 0 saturated heterocycles. The number of hydrogen-bond donors (Lipinski definition) is 0. The Morgan fingerprint density at radius 1 is 0.722 bits per heavy atom. The van der Waals surface area contributed by atoms with E-state index < -0.39 is 21.2 Å². The van der Waals surface area contributed by atoms with Crippen LogP contribution >= 0.6 is 0 Å². The van der Waals surface area contributed by atoms with Crippen LogP contribution < -0.4 is 0 Å². The Hall–Kier alpha value is -2.76. The molecule has 0 N–H and O–H groups in total. The van der Waals surface area contributed by atoms with Gasteiger partial charge in [-0.05, 0) is 17.2 Å². The van der Waals surface area contributed by atoms with Crippen molar-refractivity contribution in [2.45, 2.75) is 0 Å². The number of nitro benzene ring substituents is 2. The summed E-state index contributed by atoms with van der Waals surface area (Å²) in [7, 11) is 0. The van der Waals surface area contributed by atoms with Crippen molar-refractivity contribution in [3.05, 3.63) is 68.8 Å². The van der Waals surface area contributed by atoms with E-state index in [1.54, 1.807) is 24.3 Å². The lowest BCUT2D eigenvalue weighted by atomic mass is 10.0. The van der Waals surface area contributed by atoms with Gasteiger partial charge in [0.1, 0.15) is 0 Å². The van der Waals surface area contributed by atoms with Crippen LogP contribution in [0, 0.1) is 20.2 Å². The summed E-state index contributed by atoms with van der Waals surface area (Å²) in [5.74, 6) is 0. The molecular formula is C12H8N2O4. The first-order chi connectivity index (χ1) is 8.59. The van der Waals surface area contributed by atoms with E-state index in [-0.39, 0.29) is 0 Å². The van der Waals surface area contributed by atoms with E-state index in [1.807, 2.05) is 6.07 Å². The summed E-state index contributed by atoms with van der Waals surface area (Å²) >= 11 is 0. The average Bonchev–Trinajstić information content (AvgIpc) is 2.39. The molecule has 6 nitrogen and oxygen atoms in total. The van der Waals surface area contributed by atoms with Gasteiger partial charge in [-0.1, -0.05) is 30.3 Å². The number of nitrogens with zero attached hydrogens (tertiary/aromatic N) is 2. The molecule has 2 aromatic rings. The minimum absolute atomic E-state index is 0.499. The van der Waals surface area contributed by atoms with Crippen LogP contribution in [0.2, 0.25) is 0 Å². The molecule has 2 aromatic carbocycles. The molecular weight excluding hydrogens is 236 g/mol. The lowest BCUT2D eigenvalue weighted by Crippen LogP contribution is -1.96. The predicted molar refractivity (Wildman–Crippen MR) is 65.2 cm³/mol. The fraction of sp³-hybridized carbons (Fsp3) is 0. The normalized spacial score (nSPS) is 10.0. The van der Waals surface area contributed by atoms with Crippen molar-refractivity contribution in [1.29, 1.82) is 0 Å². The van der Waals surface area contributed by atoms with Gasteiger partial charge in [-0.3, -0.25) is 20.2 Å². The van der Waals surface area contributed by atoms with Gasteiger partial charge in [0.2, 0.25) is 0 Å². The fourth-order valence-electron chi connectivity index (χ4n) is 1.63. The maximum atomic E-state index is 10.8. The Morgan fingerprint density at radius 2 is 1.33 bits per heavy atom. The van der Waals surface area contributed by atoms with E-state index in [9.17, 15) is 20.2 Å². The van der Waals surface area contributed by atoms with Crippen LogP contribution in [0.15, 0.2) is 48.5 Å². The third-order valence-corrected chi connectivity index (χ3v) is 2.48. The Kier molecular flexibility index (Phi) is 3.01. The third-order valence-electron chi connectivity index (χ3n) is 2.48. The average molecular weight is 244 g/mol. The molecule has 6 heteroatoms. The van der Waals surface area contributed by atoms with Crippen molar-refractivity contribution in [3.63, 3.8) is 0 Å². The number of rotatable bonds is 3. The molecule has 0 atom stereocenters. The van der Waals surface area contributed by atoms with Gasteiger partial charge in [-0.2, -0.15) is 0 Å². The van der Waals surface area contributed by atoms with E-state index in [0.29, 0.717) is 5.56 Å². The summed E-state index contributed by atoms with van der Waals surface area (Å²) < 4.78 is 0. The van der Waals surface area contributed by atoms with Gasteiger partial charge in [0.15, 0.2) is 0 Å². The highest BCUT2D eigenvalue weighted by molar-refractivity contribution is 5.70. The molecule has 2 rings (SSSR count). The lowest BCUT2D eigenvalue weighted by Gasteiger charge is -2.01. The van der Waals surface area contributed by atoms with Crippen molar-refractivity contribution in [2.24, 2.45) is 0 Å². The van der Waals surface area contributed by atoms with Crippen LogP contribution in [0.1, 0.15) is 0 Å². The van der Waals surface area contributed by atoms with Gasteiger partial charge < -0.3 is 0 Å². The first-order valence-electron chi connectivity index (χ1n) is 5.08. The molecule has 0 aliphatic heterocycles. The molecule has 0 heterocycles. The second-order valence-corrected chi connectivity index (χ2v) is 3.58. The minimum atomic E-state index is -0.757. The first-order valence-corrected chi connectivity index (χ1v) is 5.08. The van der Waals surface area contributed by atoms with E-state index in [2.05, 4.69) is 0 Å². The zero-order valence-electron chi connectivity index (χ0n) is 9.15. The van der Waals surface area contributed by atoms with Crippen LogP contribution in [-0.4, -0.2) is 9.85 Å². The fourth-order valence-corrected chi connectivity index (χ4v) is 1.63. The standard InChI is InChI=1S/C12H8N2O4/c15-13(16)11-7-6-10(8-12(11)14(17)18)9-4-2-1-3-5-9/h1-8H. The third kappa shape index (κ3) is 2.17. The highest BCUT2D eigenvalue weighted by Crippen LogP contribution is 2.31. The second kappa shape index (κ2) is 4.62. The van der Waals surface area contributed by atoms with Crippen LogP contribution in [-0.2, 0) is 0 Å². The number of hydrogen-bond acceptors (Lipinski definition) is 4. The van der Waals surface area contributed by atoms with E-state index in [4.69, 9.17) is 0 Å². The SMILES string of the molecule is O=[N+]([O-])c1ccc(-c2ccccc2)cc1[N+](=O)[O-]. The minimum Gasteiger partial charge on any atom is -0.258 e. The van der Waals surface area contributed by atoms with Crippen molar-refractivity contribution >= 4 is 11.4 Å². The summed E-state index contributed by atoms with van der Waals surface area (Å²) in [5.41, 5.74) is 0.351. The maximum Gasteiger partial charge on any atom is 0.346 e. The largest absolute Gasteiger partial charge is 0.346 e. The molecule has 0 amide bonds. The molecule has 0 unspecified atom stereocenters. The maximum absolute atomic E-state index is 10.8. The van der Waals surface area contributed by atoms with E-state index in [1.165, 1.54) is 12.1 Å². The van der Waals surface area contributed by atoms with Crippen molar-refractivity contribution in [3.8, 4) is 11.1 Å². The molecule has 18 heavy (non-hydrogen) atoms. The number of nitro groups is 2. The molecule has 0 saturated carbocycles. The van der Waals surface area contributed by atoms with Crippen LogP contribution in [0.3, 0.4) is 0 Å². The topological polar surface area (TPSA) is 86.3 Å². The van der Waals surface area contributed by atoms with Crippen molar-refractivity contribution in [2.75, 3.05) is 0 Å². The van der Waals surface area contributed by atoms with Gasteiger partial charge in [-0.15, -0.1) is 0 Å². The van der Waals surface area contributed by atoms with E-state index in [0.717, 1.165) is 11.6 Å². The first kappa shape index (κ1) is 11.7. The van der Waals surface area contributed by atoms with Crippen LogP contribution in [0.5, 0.6) is 0 Å². The quantitative estimate of drug-likeness (QED) is 0.612. The number of benzene rings is 2. The summed E-state index contributed by atoms with van der Waals surface area (Å²) in [5, 5.41) is 21.5. The van der Waals surface area contributed by atoms with Crippen molar-refractivity contribution < 1.29 is 9.85 Å². The van der Waals surface area contributed by atoms with Gasteiger partial charge in [-0.25, -0.2) is 0 Å². The summed E-state index contributed by atoms with van der Waals surface area (Å²) in [4.78, 5) is 20.0. The van der Waals surface area contributed by atoms with Gasteiger partial charge in [0.05, 0.1) is 9.85 Å². The zero-order valence-corrected chi connectivity index (χ0v) is 9.15. The Morgan fingerprint density at radius 3 is 1.89 bits per heavy atom. The lowest BCUT2D eigenvalue weighted by molar-refractivity contribution is -0.422. The monoisotopic (exact) mass is 244 g/mol. The summed E-state index contributed by atoms with van der Waals surface area (Å²) in [6.45, 7) is 0.